The van der Waals surface area contributed by atoms with E-state index in [-0.39, 0.29) is 150 Å². The predicted octanol–water partition coefficient (Wildman–Crippen LogP) is -3.81. The maximum atomic E-state index is 4.43. The van der Waals surface area contributed by atoms with Gasteiger partial charge < -0.3 is 0 Å². The molecule has 0 rings (SSSR count). The molecule has 0 amide bonds. The van der Waals surface area contributed by atoms with Crippen molar-refractivity contribution >= 4 is 327 Å². The molecule has 0 aromatic heterocycles. The van der Waals surface area contributed by atoms with Crippen LogP contribution in [0.15, 0.2) is 0 Å². The Labute approximate surface area is 333 Å². The van der Waals surface area contributed by atoms with Gasteiger partial charge in [0.05, 0.1) is 0 Å². The number of hydrogen-bond acceptors (Lipinski definition) is 8. The molecule has 0 fully saturated rings. The van der Waals surface area contributed by atoms with Gasteiger partial charge in [-0.25, -0.2) is 0 Å². The monoisotopic (exact) mass is 1790 g/mol. The van der Waals surface area contributed by atoms with Crippen molar-refractivity contribution in [1.82, 2.24) is 0 Å². The fraction of sp³-hybridized carbons (Fsp3) is 0. The molecule has 0 aliphatic heterocycles. The van der Waals surface area contributed by atoms with Gasteiger partial charge in [0.15, 0.2) is 0 Å². The molecule has 169 valence electrons. The molecule has 0 N–H and O–H groups in total. The van der Waals surface area contributed by atoms with Crippen LogP contribution in [0, 0.1) is 0 Å². The van der Waals surface area contributed by atoms with Crippen LogP contribution >= 0.6 is 84.4 Å². The molecule has 27 heteroatoms. The average Bonchev–Trinajstić information content (AvgIpc) is 2.45. The number of hydrogen-bond donors (Lipinski definition) is 0. The summed E-state index contributed by atoms with van der Waals surface area (Å²) < 4.78 is 0. The van der Waals surface area contributed by atoms with E-state index in [2.05, 4.69) is 194 Å². The Hall–Kier alpha value is 12.1. The van der Waals surface area contributed by atoms with Crippen LogP contribution in [0.3, 0.4) is 0 Å². The van der Waals surface area contributed by atoms with E-state index >= 15 is 0 Å². The fourth-order valence-corrected chi connectivity index (χ4v) is 0. The van der Waals surface area contributed by atoms with Crippen LogP contribution in [0.1, 0.15) is 0 Å². The van der Waals surface area contributed by atoms with Crippen molar-refractivity contribution in [2.45, 2.75) is 0 Å². The Balaban J connectivity index is -0.0000000119. The Bertz CT molecular complexity index is 353. The quantitative estimate of drug-likeness (QED) is 0.224. The van der Waals surface area contributed by atoms with Gasteiger partial charge in [-0.1, -0.05) is 0 Å². The molecular formula is H8CuGaInS8Se16. The first kappa shape index (κ1) is 71.9. The fourth-order valence-electron chi connectivity index (χ4n) is 0. The first-order valence-electron chi connectivity index (χ1n) is 2.92. The Morgan fingerprint density at radius 1 is 0.333 bits per heavy atom. The zero-order valence-corrected chi connectivity index (χ0v) is 53.5. The van der Waals surface area contributed by atoms with Gasteiger partial charge in [0.1, 0.15) is 0 Å². The van der Waals surface area contributed by atoms with Gasteiger partial charge in [0, 0.05) is 0 Å². The molecule has 0 atom stereocenters. The molecular weight excluding hydrogens is 1770 g/mol. The van der Waals surface area contributed by atoms with E-state index in [1.807, 2.05) is 0 Å². The van der Waals surface area contributed by atoms with Crippen molar-refractivity contribution in [1.29, 1.82) is 0 Å². The van der Waals surface area contributed by atoms with Crippen molar-refractivity contribution in [3.63, 3.8) is 0 Å². The van der Waals surface area contributed by atoms with Crippen molar-refractivity contribution in [3.05, 3.63) is 0 Å². The predicted molar refractivity (Wildman–Crippen MR) is 175 cm³/mol. The standard InChI is InChI=1S/Cu.Ga.In.8HSSe2/c;;;8*1-3-2/h;;;8*3H/q+2;2*+3;8*-1. The summed E-state index contributed by atoms with van der Waals surface area (Å²) in [4.78, 5) is 0. The van der Waals surface area contributed by atoms with Crippen LogP contribution < -0.4 is 0 Å². The maximum Gasteiger partial charge on any atom is 3.00 e. The normalized spacial score (nSPS) is 4.74. The van der Waals surface area contributed by atoms with Gasteiger partial charge in [-0.15, -0.1) is 0 Å². The van der Waals surface area contributed by atoms with Gasteiger partial charge in [0.2, 0.25) is 0 Å². The minimum atomic E-state index is 0. The summed E-state index contributed by atoms with van der Waals surface area (Å²) in [5.41, 5.74) is 0. The van der Waals surface area contributed by atoms with Gasteiger partial charge in [-0.3, -0.25) is 0 Å². The summed E-state index contributed by atoms with van der Waals surface area (Å²) in [6.45, 7) is 0. The molecule has 0 bridgehead atoms. The SMILES string of the molecule is S=[SeH-]=[Se].S=[SeH-]=[Se].S=[SeH-]=[Se].S=[SeH-]=[Se].S=[SeH-]=[Se].S=[SeH-]=[Se].S=[SeH-]=[Se].S=[SeH-]=[Se].[Cu+2].[Ga+3].[In+3]. The molecule has 0 aliphatic rings. The van der Waals surface area contributed by atoms with E-state index in [1.54, 1.807) is 0 Å². The Morgan fingerprint density at radius 2 is 0.333 bits per heavy atom. The Kier molecular flexibility index (Phi) is 346. The third-order valence-electron chi connectivity index (χ3n) is 0. The minimum Gasteiger partial charge on any atom is 2.00 e. The number of rotatable bonds is 0. The van der Waals surface area contributed by atoms with Gasteiger partial charge >= 0.3 is 344 Å². The van der Waals surface area contributed by atoms with E-state index in [4.69, 9.17) is 0 Å². The minimum absolute atomic E-state index is 0. The van der Waals surface area contributed by atoms with Crippen molar-refractivity contribution in [2.75, 3.05) is 0 Å². The van der Waals surface area contributed by atoms with Gasteiger partial charge in [0.25, 0.3) is 0 Å². The van der Waals surface area contributed by atoms with Crippen molar-refractivity contribution < 1.29 is 17.1 Å². The van der Waals surface area contributed by atoms with Crippen LogP contribution in [0.4, 0.5) is 0 Å². The third kappa shape index (κ3) is 339. The third-order valence-corrected chi connectivity index (χ3v) is 0. The van der Waals surface area contributed by atoms with Gasteiger partial charge in [-0.2, -0.15) is 0 Å². The topological polar surface area (TPSA) is 0 Å². The average molecular weight is 1780 g/mol. The summed E-state index contributed by atoms with van der Waals surface area (Å²) in [6, 6.07) is 0. The summed E-state index contributed by atoms with van der Waals surface area (Å²) in [5, 5.41) is 0. The van der Waals surface area contributed by atoms with Crippen LogP contribution in [0.25, 0.3) is 0 Å². The van der Waals surface area contributed by atoms with Crippen molar-refractivity contribution in [3.8, 4) is 0 Å². The molecule has 0 nitrogen and oxygen atoms in total. The molecule has 0 spiro atoms. The second kappa shape index (κ2) is 130. The molecule has 0 aliphatic carbocycles. The Morgan fingerprint density at radius 3 is 0.333 bits per heavy atom. The van der Waals surface area contributed by atoms with E-state index in [0.717, 1.165) is 0 Å². The maximum absolute atomic E-state index is 4.43. The van der Waals surface area contributed by atoms with Crippen LogP contribution in [-0.2, 0) is 17.1 Å². The first-order chi connectivity index (χ1) is 11.3. The second-order valence-corrected chi connectivity index (χ2v) is 48.3. The summed E-state index contributed by atoms with van der Waals surface area (Å²) in [5.74, 6) is 0. The van der Waals surface area contributed by atoms with Crippen LogP contribution in [0.5, 0.6) is 0 Å². The van der Waals surface area contributed by atoms with E-state index in [0.29, 0.717) is 0 Å². The summed E-state index contributed by atoms with van der Waals surface area (Å²) >= 11 is 21.7. The molecule has 0 unspecified atom stereocenters. The second-order valence-electron chi connectivity index (χ2n) is 0.596. The van der Waals surface area contributed by atoms with Crippen molar-refractivity contribution in [2.24, 2.45) is 0 Å². The molecule has 0 aromatic rings. The van der Waals surface area contributed by atoms with Gasteiger partial charge in [-0.05, 0) is 0 Å². The summed E-state index contributed by atoms with van der Waals surface area (Å²) in [6.07, 6.45) is 0. The van der Waals surface area contributed by atoms with Crippen LogP contribution in [-0.4, -0.2) is 243 Å². The molecule has 27 heavy (non-hydrogen) atoms. The molecule has 1 radical (unpaired) electrons. The van der Waals surface area contributed by atoms with E-state index < -0.39 is 0 Å². The zero-order chi connectivity index (χ0) is 21.7. The molecule has 0 aromatic carbocycles. The van der Waals surface area contributed by atoms with E-state index in [9.17, 15) is 0 Å². The molecule has 0 saturated carbocycles. The van der Waals surface area contributed by atoms with Crippen LogP contribution in [0.2, 0.25) is 0 Å². The van der Waals surface area contributed by atoms with E-state index in [1.165, 1.54) is 0 Å². The zero-order valence-electron chi connectivity index (χ0n) is 11.6. The molecule has 0 saturated heterocycles. The smallest absolute Gasteiger partial charge is 2.00 e. The largest absolute Gasteiger partial charge is 3.00 e. The first-order valence-corrected chi connectivity index (χ1v) is 62.2. The summed E-state index contributed by atoms with van der Waals surface area (Å²) in [7, 11) is 36.6. The molecule has 0 heterocycles.